The topological polar surface area (TPSA) is 120 Å². The lowest BCUT2D eigenvalue weighted by Crippen LogP contribution is -2.12. The van der Waals surface area contributed by atoms with Gasteiger partial charge >= 0.3 is 6.01 Å². The normalized spacial score (nSPS) is 18.0. The van der Waals surface area contributed by atoms with Gasteiger partial charge in [-0.1, -0.05) is 37.8 Å². The minimum absolute atomic E-state index is 0.117. The molecule has 230 valence electrons. The summed E-state index contributed by atoms with van der Waals surface area (Å²) in [6.07, 6.45) is 9.05. The molecule has 3 N–H and O–H groups in total. The Labute approximate surface area is 254 Å². The summed E-state index contributed by atoms with van der Waals surface area (Å²) in [4.78, 5) is 26.7. The largest absolute Gasteiger partial charge is 0.494 e. The van der Waals surface area contributed by atoms with Crippen molar-refractivity contribution in [3.8, 4) is 17.5 Å². The van der Waals surface area contributed by atoms with Crippen LogP contribution in [-0.2, 0) is 6.54 Å². The van der Waals surface area contributed by atoms with Crippen LogP contribution in [0.2, 0.25) is 0 Å². The molecular weight excluding hydrogens is 544 g/mol. The Kier molecular flexibility index (Phi) is 11.4. The van der Waals surface area contributed by atoms with Gasteiger partial charge in [-0.2, -0.15) is 15.0 Å². The van der Waals surface area contributed by atoms with E-state index in [1.54, 1.807) is 0 Å². The molecule has 2 aromatic carbocycles. The first-order valence-corrected chi connectivity index (χ1v) is 15.8. The van der Waals surface area contributed by atoms with E-state index in [0.29, 0.717) is 61.9 Å². The number of nitrogens with one attached hydrogen (secondary N) is 3. The third-order valence-electron chi connectivity index (χ3n) is 7.81. The van der Waals surface area contributed by atoms with E-state index < -0.39 is 0 Å². The van der Waals surface area contributed by atoms with Crippen LogP contribution in [0.5, 0.6) is 17.5 Å². The summed E-state index contributed by atoms with van der Waals surface area (Å²) >= 11 is 0. The first kappa shape index (κ1) is 30.5. The highest BCUT2D eigenvalue weighted by atomic mass is 16.5. The molecule has 6 rings (SSSR count). The minimum atomic E-state index is 0.117. The lowest BCUT2D eigenvalue weighted by Gasteiger charge is -2.15. The maximum Gasteiger partial charge on any atom is 0.323 e. The number of rotatable bonds is 6. The average Bonchev–Trinajstić information content (AvgIpc) is 3.54. The van der Waals surface area contributed by atoms with Crippen molar-refractivity contribution >= 4 is 23.4 Å². The zero-order chi connectivity index (χ0) is 29.7. The highest BCUT2D eigenvalue weighted by molar-refractivity contribution is 5.99. The maximum absolute atomic E-state index is 13.3. The van der Waals surface area contributed by atoms with Crippen LogP contribution in [0.3, 0.4) is 0 Å². The van der Waals surface area contributed by atoms with E-state index in [-0.39, 0.29) is 11.8 Å². The molecule has 10 heteroatoms. The van der Waals surface area contributed by atoms with E-state index in [9.17, 15) is 4.79 Å². The van der Waals surface area contributed by atoms with Crippen molar-refractivity contribution in [3.05, 3.63) is 53.6 Å². The van der Waals surface area contributed by atoms with Crippen molar-refractivity contribution in [1.29, 1.82) is 0 Å². The van der Waals surface area contributed by atoms with Gasteiger partial charge in [-0.05, 0) is 81.4 Å². The second kappa shape index (κ2) is 16.1. The van der Waals surface area contributed by atoms with Gasteiger partial charge in [0.15, 0.2) is 5.78 Å². The van der Waals surface area contributed by atoms with Gasteiger partial charge in [0, 0.05) is 24.7 Å². The molecule has 0 spiro atoms. The molecule has 1 saturated heterocycles. The summed E-state index contributed by atoms with van der Waals surface area (Å²) in [6, 6.07) is 13.9. The number of Topliss-reactive ketones (excluding diaryl/α,β-unsaturated/α-hetero) is 1. The quantitative estimate of drug-likeness (QED) is 0.283. The lowest BCUT2D eigenvalue weighted by molar-refractivity contribution is 0.0970. The summed E-state index contributed by atoms with van der Waals surface area (Å²) in [5, 5.41) is 9.93. The summed E-state index contributed by atoms with van der Waals surface area (Å²) in [5.74, 6) is 2.87. The van der Waals surface area contributed by atoms with Gasteiger partial charge in [-0.25, -0.2) is 0 Å². The van der Waals surface area contributed by atoms with Crippen molar-refractivity contribution in [2.45, 2.75) is 71.3 Å². The molecule has 3 aliphatic rings. The number of aromatic nitrogens is 3. The number of fused-ring (bicyclic) bond motifs is 12. The molecule has 6 bridgehead atoms. The highest BCUT2D eigenvalue weighted by Gasteiger charge is 2.19. The van der Waals surface area contributed by atoms with Gasteiger partial charge in [-0.15, -0.1) is 0 Å². The van der Waals surface area contributed by atoms with E-state index in [4.69, 9.17) is 14.2 Å². The van der Waals surface area contributed by atoms with Crippen molar-refractivity contribution in [3.63, 3.8) is 0 Å². The summed E-state index contributed by atoms with van der Waals surface area (Å²) in [6.45, 7) is 6.14. The molecule has 0 amide bonds. The van der Waals surface area contributed by atoms with E-state index in [2.05, 4.69) is 30.9 Å². The molecule has 10 nitrogen and oxygen atoms in total. The number of ether oxygens (including phenoxy) is 3. The van der Waals surface area contributed by atoms with Crippen LogP contribution in [0, 0.1) is 5.92 Å². The molecule has 1 fully saturated rings. The first-order valence-electron chi connectivity index (χ1n) is 15.8. The number of benzene rings is 2. The Hall–Kier alpha value is -3.92. The molecule has 3 aromatic rings. The first-order chi connectivity index (χ1) is 21.2. The number of carbonyl (C=O) groups excluding carboxylic acids is 1. The Morgan fingerprint density at radius 2 is 1.70 bits per heavy atom. The fourth-order valence-corrected chi connectivity index (χ4v) is 5.36. The van der Waals surface area contributed by atoms with Crippen LogP contribution in [0.15, 0.2) is 42.5 Å². The van der Waals surface area contributed by atoms with Gasteiger partial charge in [0.05, 0.1) is 25.4 Å². The van der Waals surface area contributed by atoms with Crippen LogP contribution in [0.4, 0.5) is 17.6 Å². The zero-order valence-electron chi connectivity index (χ0n) is 25.2. The lowest BCUT2D eigenvalue weighted by atomic mass is 9.97. The summed E-state index contributed by atoms with van der Waals surface area (Å²) < 4.78 is 17.8. The van der Waals surface area contributed by atoms with Crippen LogP contribution in [-0.4, -0.2) is 53.6 Å². The summed E-state index contributed by atoms with van der Waals surface area (Å²) in [7, 11) is 0. The molecule has 0 aliphatic carbocycles. The van der Waals surface area contributed by atoms with E-state index in [0.717, 1.165) is 75.0 Å². The van der Waals surface area contributed by atoms with E-state index in [1.807, 2.05) is 49.4 Å². The SMILES string of the molecule is CCOc1nc2nc(n1)Nc1ccc(C(=O)CCC3CCNC3)c(c1)OCCCCCCCCOc1ccc(cc1)CN2. The van der Waals surface area contributed by atoms with Crippen LogP contribution < -0.4 is 30.2 Å². The number of hydrogen-bond donors (Lipinski definition) is 3. The van der Waals surface area contributed by atoms with Gasteiger partial charge in [0.1, 0.15) is 11.5 Å². The van der Waals surface area contributed by atoms with Crippen LogP contribution in [0.25, 0.3) is 0 Å². The molecule has 0 saturated carbocycles. The number of ketones is 1. The molecular formula is C33H44N6O4. The highest BCUT2D eigenvalue weighted by Crippen LogP contribution is 2.29. The monoisotopic (exact) mass is 588 g/mol. The Morgan fingerprint density at radius 1 is 0.930 bits per heavy atom. The Balaban J connectivity index is 1.35. The predicted octanol–water partition coefficient (Wildman–Crippen LogP) is 6.31. The van der Waals surface area contributed by atoms with Gasteiger partial charge < -0.3 is 30.2 Å². The fraction of sp³-hybridized carbons (Fsp3) is 0.515. The standard InChI is InChI=1S/C33H44N6O4/c1-2-41-33-38-31-35-23-24-9-13-27(14-10-24)42-19-7-5-3-4-6-8-20-43-30-21-26(36-32(37-31)39-33)12-15-28(30)29(40)16-11-25-17-18-34-22-25/h9-10,12-15,21,25,34H,2-8,11,16-20,22-23H2,1H3,(H2,35,36,37,38,39). The number of hydrogen-bond acceptors (Lipinski definition) is 10. The van der Waals surface area contributed by atoms with Crippen molar-refractivity contribution < 1.29 is 19.0 Å². The second-order valence-electron chi connectivity index (χ2n) is 11.2. The van der Waals surface area contributed by atoms with Gasteiger partial charge in [0.25, 0.3) is 0 Å². The van der Waals surface area contributed by atoms with Crippen molar-refractivity contribution in [1.82, 2.24) is 20.3 Å². The molecule has 1 unspecified atom stereocenters. The van der Waals surface area contributed by atoms with E-state index in [1.165, 1.54) is 6.42 Å². The smallest absolute Gasteiger partial charge is 0.323 e. The second-order valence-corrected chi connectivity index (χ2v) is 11.2. The van der Waals surface area contributed by atoms with Crippen molar-refractivity contribution in [2.24, 2.45) is 5.92 Å². The molecule has 43 heavy (non-hydrogen) atoms. The fourth-order valence-electron chi connectivity index (χ4n) is 5.36. The number of nitrogens with zero attached hydrogens (tertiary/aromatic N) is 3. The molecule has 4 heterocycles. The van der Waals surface area contributed by atoms with Gasteiger partial charge in [0.2, 0.25) is 11.9 Å². The number of anilines is 3. The maximum atomic E-state index is 13.3. The molecule has 0 radical (unpaired) electrons. The average molecular weight is 589 g/mol. The van der Waals surface area contributed by atoms with Gasteiger partial charge in [-0.3, -0.25) is 4.79 Å². The Bertz CT molecular complexity index is 1310. The minimum Gasteiger partial charge on any atom is -0.494 e. The Morgan fingerprint density at radius 3 is 2.47 bits per heavy atom. The molecule has 1 atom stereocenters. The van der Waals surface area contributed by atoms with Crippen molar-refractivity contribution in [2.75, 3.05) is 43.5 Å². The third-order valence-corrected chi connectivity index (χ3v) is 7.81. The third kappa shape index (κ3) is 9.54. The summed E-state index contributed by atoms with van der Waals surface area (Å²) in [5.41, 5.74) is 2.42. The molecule has 1 aromatic heterocycles. The number of carbonyl (C=O) groups is 1. The molecule has 3 aliphatic heterocycles. The predicted molar refractivity (Wildman–Crippen MR) is 168 cm³/mol. The zero-order valence-corrected chi connectivity index (χ0v) is 25.2. The van der Waals surface area contributed by atoms with Crippen LogP contribution in [0.1, 0.15) is 80.6 Å². The van der Waals surface area contributed by atoms with E-state index >= 15 is 0 Å². The van der Waals surface area contributed by atoms with Crippen LogP contribution >= 0.6 is 0 Å².